The minimum atomic E-state index is -4.62. The number of hydrogen-bond acceptors (Lipinski definition) is 6. The second-order valence-corrected chi connectivity index (χ2v) is 6.32. The highest BCUT2D eigenvalue weighted by molar-refractivity contribution is 5.83. The number of H-pyrrole nitrogens is 1. The minimum absolute atomic E-state index is 0.0109. The van der Waals surface area contributed by atoms with Crippen molar-refractivity contribution in [3.05, 3.63) is 12.2 Å². The van der Waals surface area contributed by atoms with Crippen LogP contribution < -0.4 is 4.90 Å². The first-order chi connectivity index (χ1) is 11.8. The number of aromatic nitrogens is 4. The van der Waals surface area contributed by atoms with Gasteiger partial charge < -0.3 is 15.0 Å². The summed E-state index contributed by atoms with van der Waals surface area (Å²) in [5, 5.41) is 9.63. The number of piperazine rings is 1. The summed E-state index contributed by atoms with van der Waals surface area (Å²) in [4.78, 5) is 18.0. The Morgan fingerprint density at radius 2 is 2.12 bits per heavy atom. The molecule has 2 aromatic heterocycles. The lowest BCUT2D eigenvalue weighted by atomic mass is 10.1. The van der Waals surface area contributed by atoms with Gasteiger partial charge in [-0.3, -0.25) is 4.90 Å². The lowest BCUT2D eigenvalue weighted by Gasteiger charge is -2.42. The number of nitrogens with one attached hydrogen (secondary N) is 1. The molecule has 2 aromatic rings. The van der Waals surface area contributed by atoms with E-state index >= 15 is 0 Å². The quantitative estimate of drug-likeness (QED) is 0.865. The second kappa shape index (κ2) is 6.75. The Morgan fingerprint density at radius 3 is 2.76 bits per heavy atom. The van der Waals surface area contributed by atoms with Gasteiger partial charge in [0.15, 0.2) is 11.5 Å². The zero-order valence-corrected chi connectivity index (χ0v) is 14.1. The molecular weight excluding hydrogens is 337 g/mol. The first kappa shape index (κ1) is 17.9. The van der Waals surface area contributed by atoms with E-state index in [0.29, 0.717) is 31.7 Å². The van der Waals surface area contributed by atoms with Gasteiger partial charge in [-0.15, -0.1) is 0 Å². The van der Waals surface area contributed by atoms with Gasteiger partial charge in [-0.2, -0.15) is 13.2 Å². The molecule has 0 radical (unpaired) electrons. The highest BCUT2D eigenvalue weighted by Gasteiger charge is 2.37. The number of alkyl halides is 3. The van der Waals surface area contributed by atoms with Crippen molar-refractivity contribution in [3.63, 3.8) is 0 Å². The molecule has 2 atom stereocenters. The van der Waals surface area contributed by atoms with Crippen molar-refractivity contribution in [2.45, 2.75) is 38.6 Å². The van der Waals surface area contributed by atoms with Crippen molar-refractivity contribution in [1.82, 2.24) is 24.8 Å². The van der Waals surface area contributed by atoms with E-state index in [4.69, 9.17) is 0 Å². The lowest BCUT2D eigenvalue weighted by Crippen LogP contribution is -2.54. The van der Waals surface area contributed by atoms with E-state index in [9.17, 15) is 18.3 Å². The van der Waals surface area contributed by atoms with Crippen LogP contribution in [0.1, 0.15) is 26.1 Å². The van der Waals surface area contributed by atoms with Gasteiger partial charge in [0.1, 0.15) is 5.52 Å². The summed E-state index contributed by atoms with van der Waals surface area (Å²) >= 11 is 0. The van der Waals surface area contributed by atoms with Crippen LogP contribution in [-0.2, 0) is 6.18 Å². The van der Waals surface area contributed by atoms with Crippen LogP contribution in [0.2, 0.25) is 0 Å². The number of hydrogen-bond donors (Lipinski definition) is 2. The van der Waals surface area contributed by atoms with Crippen molar-refractivity contribution >= 4 is 17.0 Å². The van der Waals surface area contributed by atoms with Crippen LogP contribution in [0.15, 0.2) is 6.33 Å². The zero-order chi connectivity index (χ0) is 18.2. The minimum Gasteiger partial charge on any atom is -0.392 e. The van der Waals surface area contributed by atoms with Crippen LogP contribution >= 0.6 is 0 Å². The Bertz CT molecular complexity index is 732. The van der Waals surface area contributed by atoms with E-state index in [1.54, 1.807) is 6.92 Å². The molecule has 25 heavy (non-hydrogen) atoms. The first-order valence-corrected chi connectivity index (χ1v) is 8.25. The SMILES string of the molecule is CCC1CN(c2nc(C(F)(F)F)nc3nc[nH]c23)CCN1CC(C)O. The summed E-state index contributed by atoms with van der Waals surface area (Å²) in [6.07, 6.45) is -2.92. The topological polar surface area (TPSA) is 81.2 Å². The molecule has 7 nitrogen and oxygen atoms in total. The number of β-amino-alcohol motifs (C(OH)–C–C–N with tert-alkyl or cyclic N) is 1. The van der Waals surface area contributed by atoms with E-state index in [2.05, 4.69) is 24.8 Å². The number of rotatable bonds is 4. The average molecular weight is 358 g/mol. The lowest BCUT2D eigenvalue weighted by molar-refractivity contribution is -0.144. The predicted molar refractivity (Wildman–Crippen MR) is 86.2 cm³/mol. The third-order valence-corrected chi connectivity index (χ3v) is 4.39. The number of imidazole rings is 1. The van der Waals surface area contributed by atoms with Crippen molar-refractivity contribution in [2.24, 2.45) is 0 Å². The van der Waals surface area contributed by atoms with Gasteiger partial charge in [0.2, 0.25) is 5.82 Å². The monoisotopic (exact) mass is 358 g/mol. The molecule has 3 rings (SSSR count). The molecule has 1 fully saturated rings. The molecule has 1 saturated heterocycles. The largest absolute Gasteiger partial charge is 0.451 e. The molecule has 2 unspecified atom stereocenters. The van der Waals surface area contributed by atoms with E-state index in [0.717, 1.165) is 6.42 Å². The number of anilines is 1. The Kier molecular flexibility index (Phi) is 4.83. The van der Waals surface area contributed by atoms with Crippen LogP contribution in [0, 0.1) is 0 Å². The fraction of sp³-hybridized carbons (Fsp3) is 0.667. The smallest absolute Gasteiger partial charge is 0.392 e. The standard InChI is InChI=1S/C15H21F3N6O/c1-3-10-7-24(5-4-23(10)6-9(2)25)13-11-12(20-8-19-11)21-14(22-13)15(16,17)18/h8-10,25H,3-7H2,1-2H3,(H,19,20,21,22). The van der Waals surface area contributed by atoms with Crippen LogP contribution in [-0.4, -0.2) is 68.3 Å². The third-order valence-electron chi connectivity index (χ3n) is 4.39. The Hall–Kier alpha value is -1.94. The van der Waals surface area contributed by atoms with Crippen molar-refractivity contribution in [3.8, 4) is 0 Å². The van der Waals surface area contributed by atoms with Gasteiger partial charge in [0, 0.05) is 32.2 Å². The molecular formula is C15H21F3N6O. The number of aliphatic hydroxyl groups excluding tert-OH is 1. The van der Waals surface area contributed by atoms with Crippen LogP contribution in [0.5, 0.6) is 0 Å². The van der Waals surface area contributed by atoms with Gasteiger partial charge in [-0.25, -0.2) is 15.0 Å². The maximum absolute atomic E-state index is 13.1. The third kappa shape index (κ3) is 3.69. The summed E-state index contributed by atoms with van der Waals surface area (Å²) in [5.74, 6) is -0.952. The molecule has 0 aliphatic carbocycles. The molecule has 0 aromatic carbocycles. The molecule has 0 spiro atoms. The molecule has 138 valence electrons. The molecule has 0 saturated carbocycles. The highest BCUT2D eigenvalue weighted by Crippen LogP contribution is 2.31. The number of aromatic amines is 1. The normalized spacial score (nSPS) is 21.0. The molecule has 1 aliphatic heterocycles. The van der Waals surface area contributed by atoms with Crippen molar-refractivity contribution < 1.29 is 18.3 Å². The molecule has 0 amide bonds. The average Bonchev–Trinajstić information content (AvgIpc) is 3.01. The predicted octanol–water partition coefficient (Wildman–Crippen LogP) is 1.65. The van der Waals surface area contributed by atoms with E-state index < -0.39 is 18.1 Å². The number of halogens is 3. The maximum atomic E-state index is 13.1. The summed E-state index contributed by atoms with van der Waals surface area (Å²) < 4.78 is 39.3. The number of aliphatic hydroxyl groups is 1. The Balaban J connectivity index is 1.92. The highest BCUT2D eigenvalue weighted by atomic mass is 19.4. The summed E-state index contributed by atoms with van der Waals surface area (Å²) in [7, 11) is 0. The van der Waals surface area contributed by atoms with Crippen LogP contribution in [0.3, 0.4) is 0 Å². The van der Waals surface area contributed by atoms with Crippen LogP contribution in [0.25, 0.3) is 11.2 Å². The van der Waals surface area contributed by atoms with Crippen molar-refractivity contribution in [1.29, 1.82) is 0 Å². The first-order valence-electron chi connectivity index (χ1n) is 8.25. The Labute approximate surface area is 142 Å². The van der Waals surface area contributed by atoms with Gasteiger partial charge in [-0.1, -0.05) is 6.92 Å². The molecule has 3 heterocycles. The van der Waals surface area contributed by atoms with Crippen molar-refractivity contribution in [2.75, 3.05) is 31.1 Å². The number of nitrogens with zero attached hydrogens (tertiary/aromatic N) is 5. The fourth-order valence-corrected chi connectivity index (χ4v) is 3.23. The fourth-order valence-electron chi connectivity index (χ4n) is 3.23. The van der Waals surface area contributed by atoms with E-state index in [-0.39, 0.29) is 17.5 Å². The maximum Gasteiger partial charge on any atom is 0.451 e. The second-order valence-electron chi connectivity index (χ2n) is 6.32. The van der Waals surface area contributed by atoms with E-state index in [1.807, 2.05) is 11.8 Å². The zero-order valence-electron chi connectivity index (χ0n) is 14.1. The van der Waals surface area contributed by atoms with Crippen LogP contribution in [0.4, 0.5) is 19.0 Å². The van der Waals surface area contributed by atoms with E-state index in [1.165, 1.54) is 6.33 Å². The molecule has 10 heteroatoms. The van der Waals surface area contributed by atoms with Gasteiger partial charge >= 0.3 is 6.18 Å². The molecule has 0 bridgehead atoms. The summed E-state index contributed by atoms with van der Waals surface area (Å²) in [6.45, 7) is 5.99. The Morgan fingerprint density at radius 1 is 1.36 bits per heavy atom. The molecule has 2 N–H and O–H groups in total. The van der Waals surface area contributed by atoms with Gasteiger partial charge in [0.05, 0.1) is 12.4 Å². The number of fused-ring (bicyclic) bond motifs is 1. The summed E-state index contributed by atoms with van der Waals surface area (Å²) in [6, 6.07) is 0.130. The van der Waals surface area contributed by atoms with Gasteiger partial charge in [0.25, 0.3) is 0 Å². The molecule has 1 aliphatic rings. The van der Waals surface area contributed by atoms with Gasteiger partial charge in [-0.05, 0) is 13.3 Å². The summed E-state index contributed by atoms with van der Waals surface area (Å²) in [5.41, 5.74) is 0.420.